The SMILES string of the molecule is CCOC(=O)c1ccccc1NC(=S)Nc1ccc(F)cc1F. The molecule has 0 aliphatic carbocycles. The fraction of sp³-hybridized carbons (Fsp3) is 0.125. The highest BCUT2D eigenvalue weighted by molar-refractivity contribution is 7.80. The average Bonchev–Trinajstić information content (AvgIpc) is 2.51. The van der Waals surface area contributed by atoms with Gasteiger partial charge in [-0.15, -0.1) is 0 Å². The van der Waals surface area contributed by atoms with Crippen molar-refractivity contribution in [1.82, 2.24) is 0 Å². The van der Waals surface area contributed by atoms with Gasteiger partial charge in [-0.2, -0.15) is 0 Å². The molecule has 0 fully saturated rings. The molecule has 7 heteroatoms. The molecule has 23 heavy (non-hydrogen) atoms. The minimum atomic E-state index is -0.771. The molecule has 0 saturated heterocycles. The molecule has 4 nitrogen and oxygen atoms in total. The highest BCUT2D eigenvalue weighted by Gasteiger charge is 2.13. The molecule has 2 aromatic rings. The van der Waals surface area contributed by atoms with Gasteiger partial charge in [0, 0.05) is 6.07 Å². The molecule has 0 unspecified atom stereocenters. The van der Waals surface area contributed by atoms with E-state index < -0.39 is 17.6 Å². The minimum absolute atomic E-state index is 0.0255. The lowest BCUT2D eigenvalue weighted by atomic mass is 10.2. The van der Waals surface area contributed by atoms with E-state index in [1.807, 2.05) is 0 Å². The van der Waals surface area contributed by atoms with Crippen molar-refractivity contribution in [2.75, 3.05) is 17.2 Å². The zero-order valence-electron chi connectivity index (χ0n) is 12.2. The van der Waals surface area contributed by atoms with Crippen LogP contribution in [0.2, 0.25) is 0 Å². The normalized spacial score (nSPS) is 10.0. The van der Waals surface area contributed by atoms with Crippen molar-refractivity contribution >= 4 is 34.7 Å². The summed E-state index contributed by atoms with van der Waals surface area (Å²) in [5.74, 6) is -1.95. The Morgan fingerprint density at radius 3 is 2.52 bits per heavy atom. The first-order valence-electron chi connectivity index (χ1n) is 6.80. The Labute approximate surface area is 137 Å². The van der Waals surface area contributed by atoms with Gasteiger partial charge in [-0.05, 0) is 43.4 Å². The van der Waals surface area contributed by atoms with E-state index in [2.05, 4.69) is 10.6 Å². The fourth-order valence-electron chi connectivity index (χ4n) is 1.85. The molecule has 0 amide bonds. The standard InChI is InChI=1S/C16H14F2N2O2S/c1-2-22-15(21)11-5-3-4-6-13(11)19-16(23)20-14-8-7-10(17)9-12(14)18/h3-9H,2H2,1H3,(H2,19,20,23). The number of rotatable bonds is 4. The quantitative estimate of drug-likeness (QED) is 0.654. The Hall–Kier alpha value is -2.54. The molecule has 0 atom stereocenters. The number of halogens is 2. The van der Waals surface area contributed by atoms with Crippen LogP contribution in [-0.4, -0.2) is 17.7 Å². The van der Waals surface area contributed by atoms with E-state index in [0.29, 0.717) is 11.3 Å². The molecule has 0 aliphatic rings. The molecule has 0 aromatic heterocycles. The number of carbonyl (C=O) groups excluding carboxylic acids is 1. The Balaban J connectivity index is 2.13. The van der Waals surface area contributed by atoms with E-state index in [1.165, 1.54) is 6.07 Å². The summed E-state index contributed by atoms with van der Waals surface area (Å²) in [7, 11) is 0. The highest BCUT2D eigenvalue weighted by Crippen LogP contribution is 2.18. The predicted molar refractivity (Wildman–Crippen MR) is 88.6 cm³/mol. The first-order valence-corrected chi connectivity index (χ1v) is 7.21. The molecule has 0 saturated carbocycles. The first-order chi connectivity index (χ1) is 11.0. The highest BCUT2D eigenvalue weighted by atomic mass is 32.1. The fourth-order valence-corrected chi connectivity index (χ4v) is 2.07. The lowest BCUT2D eigenvalue weighted by Gasteiger charge is -2.14. The van der Waals surface area contributed by atoms with Crippen molar-refractivity contribution in [3.63, 3.8) is 0 Å². The summed E-state index contributed by atoms with van der Waals surface area (Å²) >= 11 is 5.09. The van der Waals surface area contributed by atoms with Gasteiger partial charge in [0.25, 0.3) is 0 Å². The Morgan fingerprint density at radius 2 is 1.83 bits per heavy atom. The van der Waals surface area contributed by atoms with Crippen LogP contribution >= 0.6 is 12.2 Å². The Kier molecular flexibility index (Phi) is 5.59. The third-order valence-corrected chi connectivity index (χ3v) is 3.05. The number of hydrogen-bond donors (Lipinski definition) is 2. The summed E-state index contributed by atoms with van der Waals surface area (Å²) in [4.78, 5) is 11.9. The summed E-state index contributed by atoms with van der Waals surface area (Å²) in [5, 5.41) is 5.47. The van der Waals surface area contributed by atoms with Crippen LogP contribution in [0.4, 0.5) is 20.2 Å². The van der Waals surface area contributed by atoms with Gasteiger partial charge in [-0.1, -0.05) is 12.1 Å². The zero-order chi connectivity index (χ0) is 16.8. The summed E-state index contributed by atoms with van der Waals surface area (Å²) < 4.78 is 31.4. The summed E-state index contributed by atoms with van der Waals surface area (Å²) in [5.41, 5.74) is 0.751. The molecule has 0 bridgehead atoms. The minimum Gasteiger partial charge on any atom is -0.462 e. The van der Waals surface area contributed by atoms with Crippen molar-refractivity contribution in [2.24, 2.45) is 0 Å². The molecule has 0 spiro atoms. The third kappa shape index (κ3) is 4.46. The molecule has 2 rings (SSSR count). The molecule has 2 N–H and O–H groups in total. The van der Waals surface area contributed by atoms with Gasteiger partial charge in [0.1, 0.15) is 11.6 Å². The second-order valence-electron chi connectivity index (χ2n) is 4.47. The summed E-state index contributed by atoms with van der Waals surface area (Å²) in [6, 6.07) is 9.72. The van der Waals surface area contributed by atoms with Crippen molar-refractivity contribution in [1.29, 1.82) is 0 Å². The number of thiocarbonyl (C=S) groups is 1. The van der Waals surface area contributed by atoms with Gasteiger partial charge >= 0.3 is 5.97 Å². The molecule has 2 aromatic carbocycles. The van der Waals surface area contributed by atoms with Gasteiger partial charge in [0.05, 0.1) is 23.5 Å². The Bertz CT molecular complexity index is 738. The van der Waals surface area contributed by atoms with Gasteiger partial charge in [0.15, 0.2) is 5.11 Å². The Morgan fingerprint density at radius 1 is 1.13 bits per heavy atom. The van der Waals surface area contributed by atoms with Gasteiger partial charge < -0.3 is 15.4 Å². The molecule has 0 radical (unpaired) electrons. The average molecular weight is 336 g/mol. The van der Waals surface area contributed by atoms with Crippen LogP contribution in [0.15, 0.2) is 42.5 Å². The first kappa shape index (κ1) is 16.8. The van der Waals surface area contributed by atoms with Crippen molar-refractivity contribution < 1.29 is 18.3 Å². The van der Waals surface area contributed by atoms with Crippen molar-refractivity contribution in [2.45, 2.75) is 6.92 Å². The number of nitrogens with one attached hydrogen (secondary N) is 2. The maximum atomic E-state index is 13.6. The summed E-state index contributed by atoms with van der Waals surface area (Å²) in [6.45, 7) is 1.95. The second-order valence-corrected chi connectivity index (χ2v) is 4.88. The van der Waals surface area contributed by atoms with E-state index in [-0.39, 0.29) is 17.4 Å². The van der Waals surface area contributed by atoms with Gasteiger partial charge in [-0.25, -0.2) is 13.6 Å². The van der Waals surface area contributed by atoms with Crippen LogP contribution in [0, 0.1) is 11.6 Å². The number of ether oxygens (including phenoxy) is 1. The van der Waals surface area contributed by atoms with Crippen LogP contribution in [0.1, 0.15) is 17.3 Å². The molecule has 0 aliphatic heterocycles. The van der Waals surface area contributed by atoms with Crippen molar-refractivity contribution in [3.8, 4) is 0 Å². The number of hydrogen-bond acceptors (Lipinski definition) is 3. The van der Waals surface area contributed by atoms with E-state index in [1.54, 1.807) is 31.2 Å². The van der Waals surface area contributed by atoms with Gasteiger partial charge in [-0.3, -0.25) is 0 Å². The van der Waals surface area contributed by atoms with Crippen LogP contribution < -0.4 is 10.6 Å². The maximum Gasteiger partial charge on any atom is 0.340 e. The number of carbonyl (C=O) groups is 1. The van der Waals surface area contributed by atoms with E-state index in [0.717, 1.165) is 12.1 Å². The maximum absolute atomic E-state index is 13.6. The number of para-hydroxylation sites is 1. The van der Waals surface area contributed by atoms with E-state index in [4.69, 9.17) is 17.0 Å². The third-order valence-electron chi connectivity index (χ3n) is 2.85. The molecule has 120 valence electrons. The van der Waals surface area contributed by atoms with Crippen LogP contribution in [0.25, 0.3) is 0 Å². The van der Waals surface area contributed by atoms with Crippen molar-refractivity contribution in [3.05, 3.63) is 59.7 Å². The van der Waals surface area contributed by atoms with Crippen LogP contribution in [-0.2, 0) is 4.74 Å². The molecule has 0 heterocycles. The smallest absolute Gasteiger partial charge is 0.340 e. The topological polar surface area (TPSA) is 50.4 Å². The van der Waals surface area contributed by atoms with Crippen LogP contribution in [0.5, 0.6) is 0 Å². The van der Waals surface area contributed by atoms with Gasteiger partial charge in [0.2, 0.25) is 0 Å². The lowest BCUT2D eigenvalue weighted by Crippen LogP contribution is -2.21. The zero-order valence-corrected chi connectivity index (χ0v) is 13.0. The van der Waals surface area contributed by atoms with E-state index in [9.17, 15) is 13.6 Å². The lowest BCUT2D eigenvalue weighted by molar-refractivity contribution is 0.0527. The monoisotopic (exact) mass is 336 g/mol. The summed E-state index contributed by atoms with van der Waals surface area (Å²) in [6.07, 6.45) is 0. The second kappa shape index (κ2) is 7.64. The molecular formula is C16H14F2N2O2S. The van der Waals surface area contributed by atoms with Crippen LogP contribution in [0.3, 0.4) is 0 Å². The number of esters is 1. The predicted octanol–water partition coefficient (Wildman–Crippen LogP) is 3.95. The number of anilines is 2. The van der Waals surface area contributed by atoms with E-state index >= 15 is 0 Å². The largest absolute Gasteiger partial charge is 0.462 e. The molecular weight excluding hydrogens is 322 g/mol. The number of benzene rings is 2.